The average molecular weight is 292 g/mol. The molecule has 1 aromatic heterocycles. The summed E-state index contributed by atoms with van der Waals surface area (Å²) in [5, 5.41) is 4.85. The minimum atomic E-state index is -0.160. The van der Waals surface area contributed by atoms with Crippen molar-refractivity contribution < 1.29 is 4.79 Å². The quantitative estimate of drug-likeness (QED) is 0.860. The monoisotopic (exact) mass is 291 g/mol. The lowest BCUT2D eigenvalue weighted by atomic mass is 10.0. The van der Waals surface area contributed by atoms with Gasteiger partial charge in [-0.3, -0.25) is 4.79 Å². The van der Waals surface area contributed by atoms with E-state index in [0.717, 1.165) is 12.1 Å². The molecule has 0 aliphatic carbocycles. The summed E-state index contributed by atoms with van der Waals surface area (Å²) in [5.41, 5.74) is 7.76. The normalized spacial score (nSPS) is 10.8. The fourth-order valence-corrected chi connectivity index (χ4v) is 2.41. The predicted octanol–water partition coefficient (Wildman–Crippen LogP) is 3.32. The third-order valence-electron chi connectivity index (χ3n) is 3.18. The Bertz CT molecular complexity index is 634. The number of hydrogen-bond donors (Lipinski definition) is 1. The van der Waals surface area contributed by atoms with Crippen molar-refractivity contribution in [3.8, 4) is 0 Å². The molecule has 0 saturated heterocycles. The number of ketones is 1. The molecule has 4 nitrogen and oxygen atoms in total. The molecular formula is C15H18ClN3O. The maximum Gasteiger partial charge on any atom is 0.200 e. The molecule has 1 heterocycles. The van der Waals surface area contributed by atoms with Gasteiger partial charge in [-0.1, -0.05) is 37.6 Å². The van der Waals surface area contributed by atoms with Crippen molar-refractivity contribution in [2.45, 2.75) is 33.2 Å². The molecule has 5 heteroatoms. The zero-order valence-corrected chi connectivity index (χ0v) is 12.4. The van der Waals surface area contributed by atoms with E-state index in [1.54, 1.807) is 28.9 Å². The highest BCUT2D eigenvalue weighted by molar-refractivity contribution is 6.35. The molecule has 0 amide bonds. The Morgan fingerprint density at radius 2 is 2.05 bits per heavy atom. The highest BCUT2D eigenvalue weighted by atomic mass is 35.5. The van der Waals surface area contributed by atoms with E-state index in [1.807, 2.05) is 13.8 Å². The Hall–Kier alpha value is -1.81. The molecule has 0 radical (unpaired) electrons. The van der Waals surface area contributed by atoms with Crippen LogP contribution in [0.4, 0.5) is 5.82 Å². The van der Waals surface area contributed by atoms with Gasteiger partial charge in [0.1, 0.15) is 5.82 Å². The van der Waals surface area contributed by atoms with Gasteiger partial charge in [0.25, 0.3) is 0 Å². The number of carbonyl (C=O) groups is 1. The van der Waals surface area contributed by atoms with Crippen molar-refractivity contribution >= 4 is 23.2 Å². The number of halogens is 1. The van der Waals surface area contributed by atoms with E-state index in [9.17, 15) is 4.79 Å². The number of nitrogens with zero attached hydrogens (tertiary/aromatic N) is 2. The molecule has 0 spiro atoms. The standard InChI is InChI=1S/C15H18ClN3O/c1-3-9-19-15(17)13(12(4-2)18-19)14(20)10-7-5-6-8-11(10)16/h5-8H,3-4,9,17H2,1-2H3. The van der Waals surface area contributed by atoms with Crippen LogP contribution < -0.4 is 5.73 Å². The first-order chi connectivity index (χ1) is 9.60. The van der Waals surface area contributed by atoms with Gasteiger partial charge >= 0.3 is 0 Å². The second-order valence-electron chi connectivity index (χ2n) is 4.59. The number of carbonyl (C=O) groups excluding carboxylic acids is 1. The van der Waals surface area contributed by atoms with Crippen molar-refractivity contribution in [3.05, 3.63) is 46.1 Å². The summed E-state index contributed by atoms with van der Waals surface area (Å²) in [6.07, 6.45) is 1.57. The SMILES string of the molecule is CCCn1nc(CC)c(C(=O)c2ccccc2Cl)c1N. The number of aryl methyl sites for hydroxylation is 2. The van der Waals surface area contributed by atoms with Crippen molar-refractivity contribution in [1.29, 1.82) is 0 Å². The fraction of sp³-hybridized carbons (Fsp3) is 0.333. The van der Waals surface area contributed by atoms with Gasteiger partial charge in [-0.15, -0.1) is 0 Å². The van der Waals surface area contributed by atoms with Gasteiger partial charge in [-0.05, 0) is 25.0 Å². The molecule has 0 fully saturated rings. The molecule has 1 aromatic carbocycles. The zero-order chi connectivity index (χ0) is 14.7. The van der Waals surface area contributed by atoms with E-state index in [2.05, 4.69) is 5.10 Å². The first-order valence-corrected chi connectivity index (χ1v) is 7.12. The highest BCUT2D eigenvalue weighted by Crippen LogP contribution is 2.25. The molecule has 0 bridgehead atoms. The van der Waals surface area contributed by atoms with Crippen LogP contribution in [-0.2, 0) is 13.0 Å². The minimum absolute atomic E-state index is 0.160. The van der Waals surface area contributed by atoms with Crippen LogP contribution >= 0.6 is 11.6 Å². The van der Waals surface area contributed by atoms with E-state index >= 15 is 0 Å². The molecule has 0 aliphatic rings. The van der Waals surface area contributed by atoms with Crippen LogP contribution in [0.2, 0.25) is 5.02 Å². The van der Waals surface area contributed by atoms with Crippen molar-refractivity contribution in [2.75, 3.05) is 5.73 Å². The van der Waals surface area contributed by atoms with Gasteiger partial charge in [-0.2, -0.15) is 5.10 Å². The van der Waals surface area contributed by atoms with Crippen molar-refractivity contribution in [2.24, 2.45) is 0 Å². The summed E-state index contributed by atoms with van der Waals surface area (Å²) < 4.78 is 1.70. The maximum absolute atomic E-state index is 12.7. The summed E-state index contributed by atoms with van der Waals surface area (Å²) in [4.78, 5) is 12.7. The molecule has 20 heavy (non-hydrogen) atoms. The lowest BCUT2D eigenvalue weighted by Crippen LogP contribution is -2.09. The Kier molecular flexibility index (Phi) is 4.45. The van der Waals surface area contributed by atoms with Gasteiger partial charge in [0, 0.05) is 12.1 Å². The van der Waals surface area contributed by atoms with Crippen LogP contribution in [0.15, 0.2) is 24.3 Å². The third-order valence-corrected chi connectivity index (χ3v) is 3.51. The van der Waals surface area contributed by atoms with Crippen LogP contribution in [0.1, 0.15) is 41.9 Å². The largest absolute Gasteiger partial charge is 0.383 e. The lowest BCUT2D eigenvalue weighted by molar-refractivity contribution is 0.103. The number of rotatable bonds is 5. The van der Waals surface area contributed by atoms with Gasteiger partial charge in [-0.25, -0.2) is 4.68 Å². The van der Waals surface area contributed by atoms with Crippen LogP contribution in [0, 0.1) is 0 Å². The second kappa shape index (κ2) is 6.09. The van der Waals surface area contributed by atoms with Crippen LogP contribution in [0.3, 0.4) is 0 Å². The number of benzene rings is 1. The Morgan fingerprint density at radius 3 is 2.65 bits per heavy atom. The molecule has 106 valence electrons. The van der Waals surface area contributed by atoms with Gasteiger partial charge in [0.2, 0.25) is 0 Å². The first kappa shape index (κ1) is 14.6. The zero-order valence-electron chi connectivity index (χ0n) is 11.7. The number of anilines is 1. The fourth-order valence-electron chi connectivity index (χ4n) is 2.18. The molecule has 0 atom stereocenters. The van der Waals surface area contributed by atoms with Crippen LogP contribution in [0.5, 0.6) is 0 Å². The summed E-state index contributed by atoms with van der Waals surface area (Å²) in [6, 6.07) is 6.99. The van der Waals surface area contributed by atoms with E-state index in [-0.39, 0.29) is 5.78 Å². The number of hydrogen-bond acceptors (Lipinski definition) is 3. The molecule has 2 N–H and O–H groups in total. The molecular weight excluding hydrogens is 274 g/mol. The predicted molar refractivity (Wildman–Crippen MR) is 81.2 cm³/mol. The third kappa shape index (κ3) is 2.56. The van der Waals surface area contributed by atoms with E-state index in [1.165, 1.54) is 0 Å². The molecule has 0 saturated carbocycles. The second-order valence-corrected chi connectivity index (χ2v) is 5.00. The molecule has 2 rings (SSSR count). The minimum Gasteiger partial charge on any atom is -0.383 e. The van der Waals surface area contributed by atoms with Crippen molar-refractivity contribution in [1.82, 2.24) is 9.78 Å². The molecule has 2 aromatic rings. The van der Waals surface area contributed by atoms with E-state index in [4.69, 9.17) is 17.3 Å². The topological polar surface area (TPSA) is 60.9 Å². The summed E-state index contributed by atoms with van der Waals surface area (Å²) in [5.74, 6) is 0.265. The van der Waals surface area contributed by atoms with Crippen LogP contribution in [-0.4, -0.2) is 15.6 Å². The Morgan fingerprint density at radius 1 is 1.35 bits per heavy atom. The summed E-state index contributed by atoms with van der Waals surface area (Å²) in [6.45, 7) is 4.71. The lowest BCUT2D eigenvalue weighted by Gasteiger charge is -2.05. The Balaban J connectivity index is 2.52. The number of nitrogens with two attached hydrogens (primary N) is 1. The highest BCUT2D eigenvalue weighted by Gasteiger charge is 2.23. The van der Waals surface area contributed by atoms with Gasteiger partial charge < -0.3 is 5.73 Å². The van der Waals surface area contributed by atoms with Crippen LogP contribution in [0.25, 0.3) is 0 Å². The number of aromatic nitrogens is 2. The summed E-state index contributed by atoms with van der Waals surface area (Å²) in [7, 11) is 0. The van der Waals surface area contributed by atoms with E-state index < -0.39 is 0 Å². The maximum atomic E-state index is 12.7. The summed E-state index contributed by atoms with van der Waals surface area (Å²) >= 11 is 6.10. The smallest absolute Gasteiger partial charge is 0.200 e. The van der Waals surface area contributed by atoms with Gasteiger partial charge in [0.15, 0.2) is 5.78 Å². The Labute approximate surface area is 123 Å². The first-order valence-electron chi connectivity index (χ1n) is 6.74. The van der Waals surface area contributed by atoms with Crippen molar-refractivity contribution in [3.63, 3.8) is 0 Å². The van der Waals surface area contributed by atoms with Gasteiger partial charge in [0.05, 0.1) is 16.3 Å². The number of nitrogen functional groups attached to an aromatic ring is 1. The molecule has 0 unspecified atom stereocenters. The molecule has 0 aliphatic heterocycles. The van der Waals surface area contributed by atoms with E-state index in [0.29, 0.717) is 34.9 Å². The average Bonchev–Trinajstić information content (AvgIpc) is 2.76.